The first-order chi connectivity index (χ1) is 7.68. The summed E-state index contributed by atoms with van der Waals surface area (Å²) in [6.07, 6.45) is 1.24. The molecule has 2 heteroatoms. The minimum Gasteiger partial charge on any atom is -0.328 e. The Morgan fingerprint density at radius 3 is 2.50 bits per heavy atom. The molecular weight excluding hydrogens is 196 g/mol. The zero-order chi connectivity index (χ0) is 11.5. The molecule has 0 bridgehead atoms. The van der Waals surface area contributed by atoms with Crippen LogP contribution in [-0.4, -0.2) is 24.0 Å². The van der Waals surface area contributed by atoms with Crippen LogP contribution in [0.3, 0.4) is 0 Å². The average molecular weight is 218 g/mol. The van der Waals surface area contributed by atoms with Crippen molar-refractivity contribution in [3.05, 3.63) is 35.9 Å². The zero-order valence-corrected chi connectivity index (χ0v) is 10.3. The van der Waals surface area contributed by atoms with E-state index in [9.17, 15) is 0 Å². The van der Waals surface area contributed by atoms with Crippen LogP contribution in [0.4, 0.5) is 0 Å². The van der Waals surface area contributed by atoms with Gasteiger partial charge in [-0.3, -0.25) is 4.90 Å². The molecule has 0 radical (unpaired) electrons. The van der Waals surface area contributed by atoms with Crippen molar-refractivity contribution in [2.75, 3.05) is 13.1 Å². The van der Waals surface area contributed by atoms with Crippen molar-refractivity contribution >= 4 is 0 Å². The van der Waals surface area contributed by atoms with Gasteiger partial charge in [-0.2, -0.15) is 0 Å². The summed E-state index contributed by atoms with van der Waals surface area (Å²) in [6.45, 7) is 6.75. The monoisotopic (exact) mass is 218 g/mol. The van der Waals surface area contributed by atoms with Crippen molar-refractivity contribution in [3.8, 4) is 0 Å². The van der Waals surface area contributed by atoms with E-state index >= 15 is 0 Å². The summed E-state index contributed by atoms with van der Waals surface area (Å²) in [6, 6.07) is 11.6. The Kier molecular flexibility index (Phi) is 3.62. The first-order valence-electron chi connectivity index (χ1n) is 6.23. The van der Waals surface area contributed by atoms with E-state index in [1.54, 1.807) is 0 Å². The molecule has 2 N–H and O–H groups in total. The lowest BCUT2D eigenvalue weighted by Gasteiger charge is -2.25. The molecule has 1 heterocycles. The molecule has 1 aliphatic heterocycles. The van der Waals surface area contributed by atoms with E-state index in [2.05, 4.69) is 49.1 Å². The van der Waals surface area contributed by atoms with Crippen LogP contribution in [-0.2, 0) is 0 Å². The molecule has 2 rings (SSSR count). The fraction of sp³-hybridized carbons (Fsp3) is 0.571. The molecule has 2 nitrogen and oxygen atoms in total. The van der Waals surface area contributed by atoms with Crippen molar-refractivity contribution in [3.63, 3.8) is 0 Å². The van der Waals surface area contributed by atoms with Crippen molar-refractivity contribution in [1.29, 1.82) is 0 Å². The molecule has 1 aliphatic rings. The van der Waals surface area contributed by atoms with Crippen LogP contribution in [0.25, 0.3) is 0 Å². The fourth-order valence-corrected chi connectivity index (χ4v) is 2.54. The molecule has 1 fully saturated rings. The predicted molar refractivity (Wildman–Crippen MR) is 68.2 cm³/mol. The van der Waals surface area contributed by atoms with Crippen molar-refractivity contribution in [2.24, 2.45) is 11.7 Å². The summed E-state index contributed by atoms with van der Waals surface area (Å²) < 4.78 is 0. The Labute approximate surface area is 98.4 Å². The average Bonchev–Trinajstić information content (AvgIpc) is 2.78. The van der Waals surface area contributed by atoms with Gasteiger partial charge in [-0.05, 0) is 38.3 Å². The van der Waals surface area contributed by atoms with Gasteiger partial charge in [-0.25, -0.2) is 0 Å². The Morgan fingerprint density at radius 1 is 1.25 bits per heavy atom. The number of hydrogen-bond acceptors (Lipinski definition) is 2. The summed E-state index contributed by atoms with van der Waals surface area (Å²) >= 11 is 0. The highest BCUT2D eigenvalue weighted by atomic mass is 15.2. The van der Waals surface area contributed by atoms with Gasteiger partial charge >= 0.3 is 0 Å². The maximum absolute atomic E-state index is 5.97. The van der Waals surface area contributed by atoms with Gasteiger partial charge in [0.2, 0.25) is 0 Å². The largest absolute Gasteiger partial charge is 0.328 e. The third-order valence-corrected chi connectivity index (χ3v) is 3.83. The fourth-order valence-electron chi connectivity index (χ4n) is 2.54. The van der Waals surface area contributed by atoms with E-state index in [0.29, 0.717) is 18.0 Å². The quantitative estimate of drug-likeness (QED) is 0.844. The molecule has 16 heavy (non-hydrogen) atoms. The summed E-state index contributed by atoms with van der Waals surface area (Å²) in [7, 11) is 0. The minimum atomic E-state index is 0.327. The number of hydrogen-bond donors (Lipinski definition) is 1. The number of likely N-dealkylation sites (tertiary alicyclic amines) is 1. The molecular formula is C14H22N2. The van der Waals surface area contributed by atoms with Gasteiger partial charge in [0, 0.05) is 18.6 Å². The highest BCUT2D eigenvalue weighted by Crippen LogP contribution is 2.28. The third-order valence-electron chi connectivity index (χ3n) is 3.83. The van der Waals surface area contributed by atoms with E-state index in [4.69, 9.17) is 5.73 Å². The number of nitrogens with two attached hydrogens (primary N) is 1. The van der Waals surface area contributed by atoms with Crippen LogP contribution in [0.1, 0.15) is 31.9 Å². The van der Waals surface area contributed by atoms with Crippen LogP contribution < -0.4 is 5.73 Å². The number of rotatable bonds is 3. The Bertz CT molecular complexity index is 321. The van der Waals surface area contributed by atoms with E-state index in [1.807, 2.05) is 0 Å². The molecule has 3 atom stereocenters. The second kappa shape index (κ2) is 4.98. The highest BCUT2D eigenvalue weighted by molar-refractivity contribution is 5.18. The normalized spacial score (nSPS) is 25.6. The van der Waals surface area contributed by atoms with Gasteiger partial charge in [0.25, 0.3) is 0 Å². The SMILES string of the molecule is C[C@H](N)[C@@H]1CCN([C@@H](C)c2ccccc2)C1. The lowest BCUT2D eigenvalue weighted by Crippen LogP contribution is -2.30. The van der Waals surface area contributed by atoms with Gasteiger partial charge in [0.05, 0.1) is 0 Å². The molecule has 1 aromatic carbocycles. The predicted octanol–water partition coefficient (Wildman–Crippen LogP) is 2.42. The molecule has 0 saturated carbocycles. The van der Waals surface area contributed by atoms with E-state index in [1.165, 1.54) is 18.5 Å². The zero-order valence-electron chi connectivity index (χ0n) is 10.3. The summed E-state index contributed by atoms with van der Waals surface area (Å²) in [5.74, 6) is 0.672. The summed E-state index contributed by atoms with van der Waals surface area (Å²) in [5.41, 5.74) is 7.38. The highest BCUT2D eigenvalue weighted by Gasteiger charge is 2.28. The first kappa shape index (κ1) is 11.6. The third kappa shape index (κ3) is 2.45. The number of nitrogens with zero attached hydrogens (tertiary/aromatic N) is 1. The Morgan fingerprint density at radius 2 is 1.94 bits per heavy atom. The van der Waals surface area contributed by atoms with Gasteiger partial charge in [0.15, 0.2) is 0 Å². The molecule has 0 spiro atoms. The minimum absolute atomic E-state index is 0.327. The Balaban J connectivity index is 2.00. The second-order valence-electron chi connectivity index (χ2n) is 4.99. The van der Waals surface area contributed by atoms with Crippen LogP contribution >= 0.6 is 0 Å². The van der Waals surface area contributed by atoms with Crippen molar-refractivity contribution in [1.82, 2.24) is 4.90 Å². The van der Waals surface area contributed by atoms with Crippen LogP contribution in [0.2, 0.25) is 0 Å². The second-order valence-corrected chi connectivity index (χ2v) is 4.99. The summed E-state index contributed by atoms with van der Waals surface area (Å²) in [4.78, 5) is 2.54. The van der Waals surface area contributed by atoms with Gasteiger partial charge in [-0.1, -0.05) is 30.3 Å². The summed E-state index contributed by atoms with van der Waals surface area (Å²) in [5, 5.41) is 0. The maximum Gasteiger partial charge on any atom is 0.0320 e. The standard InChI is InChI=1S/C14H22N2/c1-11(15)14-8-9-16(10-14)12(2)13-6-4-3-5-7-13/h3-7,11-12,14H,8-10,15H2,1-2H3/t11-,12-,14+/m0/s1. The Hall–Kier alpha value is -0.860. The molecule has 0 aliphatic carbocycles. The smallest absolute Gasteiger partial charge is 0.0320 e. The topological polar surface area (TPSA) is 29.3 Å². The van der Waals surface area contributed by atoms with E-state index in [0.717, 1.165) is 6.54 Å². The van der Waals surface area contributed by atoms with E-state index < -0.39 is 0 Å². The van der Waals surface area contributed by atoms with Crippen LogP contribution in [0, 0.1) is 5.92 Å². The number of benzene rings is 1. The van der Waals surface area contributed by atoms with Gasteiger partial charge < -0.3 is 5.73 Å². The van der Waals surface area contributed by atoms with Crippen molar-refractivity contribution < 1.29 is 0 Å². The molecule has 1 aromatic rings. The molecule has 1 saturated heterocycles. The lowest BCUT2D eigenvalue weighted by atomic mass is 10.0. The first-order valence-corrected chi connectivity index (χ1v) is 6.23. The van der Waals surface area contributed by atoms with Crippen LogP contribution in [0.15, 0.2) is 30.3 Å². The lowest BCUT2D eigenvalue weighted by molar-refractivity contribution is 0.248. The van der Waals surface area contributed by atoms with Crippen molar-refractivity contribution in [2.45, 2.75) is 32.4 Å². The van der Waals surface area contributed by atoms with E-state index in [-0.39, 0.29) is 0 Å². The molecule has 0 amide bonds. The molecule has 88 valence electrons. The maximum atomic E-state index is 5.97. The molecule has 0 unspecified atom stereocenters. The molecule has 0 aromatic heterocycles. The van der Waals surface area contributed by atoms with Crippen LogP contribution in [0.5, 0.6) is 0 Å². The van der Waals surface area contributed by atoms with Gasteiger partial charge in [-0.15, -0.1) is 0 Å². The van der Waals surface area contributed by atoms with Gasteiger partial charge in [0.1, 0.15) is 0 Å².